The zero-order valence-corrected chi connectivity index (χ0v) is 13.8. The first-order valence-corrected chi connectivity index (χ1v) is 8.16. The molecule has 0 saturated carbocycles. The Morgan fingerprint density at radius 3 is 2.67 bits per heavy atom. The van der Waals surface area contributed by atoms with Crippen LogP contribution in [0.15, 0.2) is 24.3 Å². The van der Waals surface area contributed by atoms with Crippen LogP contribution in [0, 0.1) is 0 Å². The third kappa shape index (κ3) is 3.88. The van der Waals surface area contributed by atoms with Crippen LogP contribution in [0.1, 0.15) is 6.92 Å². The van der Waals surface area contributed by atoms with Gasteiger partial charge in [0.15, 0.2) is 0 Å². The zero-order chi connectivity index (χ0) is 16.9. The van der Waals surface area contributed by atoms with E-state index in [0.29, 0.717) is 6.54 Å². The van der Waals surface area contributed by atoms with Gasteiger partial charge in [-0.2, -0.15) is 0 Å². The number of benzene rings is 1. The zero-order valence-electron chi connectivity index (χ0n) is 13.8. The van der Waals surface area contributed by atoms with Gasteiger partial charge in [0.25, 0.3) is 0 Å². The SMILES string of the molecule is CC(=O)N1CCN(CCNC(=O)Cn2nnc3ccccc32)CC1. The summed E-state index contributed by atoms with van der Waals surface area (Å²) in [6, 6.07) is 7.57. The lowest BCUT2D eigenvalue weighted by molar-refractivity contribution is -0.130. The van der Waals surface area contributed by atoms with Gasteiger partial charge < -0.3 is 10.2 Å². The maximum Gasteiger partial charge on any atom is 0.241 e. The van der Waals surface area contributed by atoms with Crippen molar-refractivity contribution in [3.05, 3.63) is 24.3 Å². The highest BCUT2D eigenvalue weighted by Crippen LogP contribution is 2.09. The van der Waals surface area contributed by atoms with E-state index in [1.54, 1.807) is 11.6 Å². The molecule has 8 heteroatoms. The minimum atomic E-state index is -0.0759. The van der Waals surface area contributed by atoms with Crippen LogP contribution in [0.25, 0.3) is 11.0 Å². The van der Waals surface area contributed by atoms with Crippen molar-refractivity contribution in [2.75, 3.05) is 39.3 Å². The molecular formula is C16H22N6O2. The molecule has 1 N–H and O–H groups in total. The Kier molecular flexibility index (Phi) is 5.05. The molecule has 1 aromatic carbocycles. The maximum atomic E-state index is 12.1. The van der Waals surface area contributed by atoms with E-state index in [1.807, 2.05) is 29.2 Å². The lowest BCUT2D eigenvalue weighted by atomic mass is 10.3. The van der Waals surface area contributed by atoms with E-state index in [9.17, 15) is 9.59 Å². The van der Waals surface area contributed by atoms with Gasteiger partial charge >= 0.3 is 0 Å². The van der Waals surface area contributed by atoms with Crippen LogP contribution in [0.4, 0.5) is 0 Å². The molecule has 1 fully saturated rings. The molecule has 2 heterocycles. The van der Waals surface area contributed by atoms with Crippen molar-refractivity contribution < 1.29 is 9.59 Å². The number of rotatable bonds is 5. The van der Waals surface area contributed by atoms with Crippen molar-refractivity contribution in [3.8, 4) is 0 Å². The number of nitrogens with one attached hydrogen (secondary N) is 1. The predicted octanol–water partition coefficient (Wildman–Crippen LogP) is -0.288. The molecule has 128 valence electrons. The summed E-state index contributed by atoms with van der Waals surface area (Å²) in [5.41, 5.74) is 1.64. The summed E-state index contributed by atoms with van der Waals surface area (Å²) in [6.45, 7) is 6.36. The number of hydrogen-bond acceptors (Lipinski definition) is 5. The Bertz CT molecular complexity index is 720. The molecule has 0 unspecified atom stereocenters. The number of aromatic nitrogens is 3. The quantitative estimate of drug-likeness (QED) is 0.815. The third-order valence-corrected chi connectivity index (χ3v) is 4.28. The monoisotopic (exact) mass is 330 g/mol. The second-order valence-electron chi connectivity index (χ2n) is 5.93. The molecule has 0 spiro atoms. The van der Waals surface area contributed by atoms with Crippen molar-refractivity contribution in [2.24, 2.45) is 0 Å². The minimum absolute atomic E-state index is 0.0759. The molecule has 0 atom stereocenters. The Labute approximate surface area is 140 Å². The molecule has 0 aliphatic carbocycles. The molecule has 24 heavy (non-hydrogen) atoms. The molecule has 2 amide bonds. The van der Waals surface area contributed by atoms with Crippen LogP contribution >= 0.6 is 0 Å². The van der Waals surface area contributed by atoms with E-state index < -0.39 is 0 Å². The normalized spacial score (nSPS) is 15.6. The number of carbonyl (C=O) groups is 2. The number of nitrogens with zero attached hydrogens (tertiary/aromatic N) is 5. The molecule has 8 nitrogen and oxygen atoms in total. The Morgan fingerprint density at radius 2 is 1.92 bits per heavy atom. The standard InChI is InChI=1S/C16H22N6O2/c1-13(23)21-10-8-20(9-11-21)7-6-17-16(24)12-22-15-5-3-2-4-14(15)18-19-22/h2-5H,6-12H2,1H3,(H,17,24). The van der Waals surface area contributed by atoms with Crippen molar-refractivity contribution in [1.82, 2.24) is 30.1 Å². The summed E-state index contributed by atoms with van der Waals surface area (Å²) >= 11 is 0. The van der Waals surface area contributed by atoms with E-state index >= 15 is 0 Å². The van der Waals surface area contributed by atoms with E-state index in [4.69, 9.17) is 0 Å². The highest BCUT2D eigenvalue weighted by molar-refractivity contribution is 5.79. The molecular weight excluding hydrogens is 308 g/mol. The van der Waals surface area contributed by atoms with Gasteiger partial charge in [0.05, 0.1) is 5.52 Å². The average Bonchev–Trinajstić information content (AvgIpc) is 2.98. The van der Waals surface area contributed by atoms with E-state index in [1.165, 1.54) is 0 Å². The number of amides is 2. The Balaban J connectivity index is 1.41. The van der Waals surface area contributed by atoms with Gasteiger partial charge in [-0.3, -0.25) is 14.5 Å². The fraction of sp³-hybridized carbons (Fsp3) is 0.500. The van der Waals surface area contributed by atoms with E-state index in [-0.39, 0.29) is 18.4 Å². The van der Waals surface area contributed by atoms with Gasteiger partial charge in [0.2, 0.25) is 11.8 Å². The van der Waals surface area contributed by atoms with Gasteiger partial charge in [-0.05, 0) is 12.1 Å². The third-order valence-electron chi connectivity index (χ3n) is 4.28. The number of para-hydroxylation sites is 1. The predicted molar refractivity (Wildman–Crippen MR) is 89.2 cm³/mol. The van der Waals surface area contributed by atoms with Crippen LogP contribution in [0.5, 0.6) is 0 Å². The van der Waals surface area contributed by atoms with Crippen LogP contribution in [-0.4, -0.2) is 75.9 Å². The number of hydrogen-bond donors (Lipinski definition) is 1. The van der Waals surface area contributed by atoms with Crippen molar-refractivity contribution in [3.63, 3.8) is 0 Å². The lowest BCUT2D eigenvalue weighted by Gasteiger charge is -2.34. The van der Waals surface area contributed by atoms with Gasteiger partial charge in [-0.15, -0.1) is 5.10 Å². The molecule has 1 aliphatic heterocycles. The summed E-state index contributed by atoms with van der Waals surface area (Å²) in [5.74, 6) is 0.0519. The summed E-state index contributed by atoms with van der Waals surface area (Å²) in [5, 5.41) is 11.0. The summed E-state index contributed by atoms with van der Waals surface area (Å²) in [6.07, 6.45) is 0. The molecule has 3 rings (SSSR count). The van der Waals surface area contributed by atoms with Crippen molar-refractivity contribution in [1.29, 1.82) is 0 Å². The average molecular weight is 330 g/mol. The van der Waals surface area contributed by atoms with Crippen LogP contribution in [-0.2, 0) is 16.1 Å². The van der Waals surface area contributed by atoms with Crippen LogP contribution < -0.4 is 5.32 Å². The first-order chi connectivity index (χ1) is 11.6. The number of carbonyl (C=O) groups excluding carboxylic acids is 2. The summed E-state index contributed by atoms with van der Waals surface area (Å²) in [7, 11) is 0. The molecule has 1 aromatic heterocycles. The van der Waals surface area contributed by atoms with Crippen LogP contribution in [0.3, 0.4) is 0 Å². The van der Waals surface area contributed by atoms with E-state index in [2.05, 4.69) is 20.5 Å². The van der Waals surface area contributed by atoms with Gasteiger partial charge in [0, 0.05) is 46.2 Å². The lowest BCUT2D eigenvalue weighted by Crippen LogP contribution is -2.49. The summed E-state index contributed by atoms with van der Waals surface area (Å²) < 4.78 is 1.61. The van der Waals surface area contributed by atoms with Gasteiger partial charge in [0.1, 0.15) is 12.1 Å². The fourth-order valence-electron chi connectivity index (χ4n) is 2.87. The molecule has 0 radical (unpaired) electrons. The van der Waals surface area contributed by atoms with Gasteiger partial charge in [-0.1, -0.05) is 17.3 Å². The van der Waals surface area contributed by atoms with Crippen LogP contribution in [0.2, 0.25) is 0 Å². The van der Waals surface area contributed by atoms with Gasteiger partial charge in [-0.25, -0.2) is 4.68 Å². The summed E-state index contributed by atoms with van der Waals surface area (Å²) in [4.78, 5) is 27.5. The first kappa shape index (κ1) is 16.4. The second kappa shape index (κ2) is 7.39. The Hall–Kier alpha value is -2.48. The smallest absolute Gasteiger partial charge is 0.241 e. The fourth-order valence-corrected chi connectivity index (χ4v) is 2.87. The largest absolute Gasteiger partial charge is 0.353 e. The number of piperazine rings is 1. The Morgan fingerprint density at radius 1 is 1.17 bits per heavy atom. The minimum Gasteiger partial charge on any atom is -0.353 e. The highest BCUT2D eigenvalue weighted by atomic mass is 16.2. The van der Waals surface area contributed by atoms with Crippen molar-refractivity contribution in [2.45, 2.75) is 13.5 Å². The number of fused-ring (bicyclic) bond motifs is 1. The first-order valence-electron chi connectivity index (χ1n) is 8.16. The molecule has 0 bridgehead atoms. The van der Waals surface area contributed by atoms with Crippen molar-refractivity contribution >= 4 is 22.8 Å². The second-order valence-corrected chi connectivity index (χ2v) is 5.93. The molecule has 1 aliphatic rings. The maximum absolute atomic E-state index is 12.1. The molecule has 1 saturated heterocycles. The molecule has 2 aromatic rings. The highest BCUT2D eigenvalue weighted by Gasteiger charge is 2.18. The topological polar surface area (TPSA) is 83.4 Å². The van der Waals surface area contributed by atoms with E-state index in [0.717, 1.165) is 43.8 Å².